The van der Waals surface area contributed by atoms with Crippen LogP contribution >= 0.6 is 24.0 Å². The third-order valence-corrected chi connectivity index (χ3v) is 1.60. The van der Waals surface area contributed by atoms with Crippen LogP contribution < -0.4 is 5.73 Å². The van der Waals surface area contributed by atoms with Crippen LogP contribution in [0.5, 0.6) is 0 Å². The van der Waals surface area contributed by atoms with Gasteiger partial charge in [-0.05, 0) is 24.6 Å². The van der Waals surface area contributed by atoms with Gasteiger partial charge in [0.15, 0.2) is 0 Å². The number of nitrogens with two attached hydrogens (primary N) is 1. The maximum Gasteiger partial charge on any atom is 0.0455 e. The lowest BCUT2D eigenvalue weighted by Crippen LogP contribution is -1.83. The summed E-state index contributed by atoms with van der Waals surface area (Å²) in [5, 5.41) is 0.731. The van der Waals surface area contributed by atoms with Crippen LogP contribution in [0.3, 0.4) is 0 Å². The Bertz CT molecular complexity index is 223. The molecule has 0 aliphatic rings. The number of nitrogen functional groups attached to an aromatic ring is 1. The van der Waals surface area contributed by atoms with Gasteiger partial charge in [0.1, 0.15) is 0 Å². The van der Waals surface area contributed by atoms with Crippen LogP contribution in [0.25, 0.3) is 0 Å². The molecule has 0 radical (unpaired) electrons. The maximum absolute atomic E-state index is 5.73. The zero-order valence-electron chi connectivity index (χ0n) is 5.60. The van der Waals surface area contributed by atoms with E-state index in [4.69, 9.17) is 17.3 Å². The molecule has 10 heavy (non-hydrogen) atoms. The van der Waals surface area contributed by atoms with Gasteiger partial charge in [-0.1, -0.05) is 17.7 Å². The van der Waals surface area contributed by atoms with Crippen molar-refractivity contribution in [2.45, 2.75) is 6.92 Å². The van der Waals surface area contributed by atoms with Gasteiger partial charge in [-0.3, -0.25) is 0 Å². The number of hydrogen-bond acceptors (Lipinski definition) is 1. The lowest BCUT2D eigenvalue weighted by molar-refractivity contribution is 1.47. The second-order valence-corrected chi connectivity index (χ2v) is 2.42. The third kappa shape index (κ3) is 2.09. The number of hydrogen-bond donors (Lipinski definition) is 1. The summed E-state index contributed by atoms with van der Waals surface area (Å²) in [4.78, 5) is 0. The molecule has 1 nitrogen and oxygen atoms in total. The minimum Gasteiger partial charge on any atom is -0.399 e. The highest BCUT2D eigenvalue weighted by Gasteiger charge is 1.91. The minimum absolute atomic E-state index is 0. The highest BCUT2D eigenvalue weighted by Crippen LogP contribution is 2.17. The van der Waals surface area contributed by atoms with Crippen molar-refractivity contribution < 1.29 is 0 Å². The van der Waals surface area contributed by atoms with Gasteiger partial charge in [-0.2, -0.15) is 0 Å². The SMILES string of the molecule is Cc1ccc(N)cc1Cl.Cl. The summed E-state index contributed by atoms with van der Waals surface area (Å²) in [7, 11) is 0. The number of anilines is 1. The molecule has 1 rings (SSSR count). The molecule has 3 heteroatoms. The maximum atomic E-state index is 5.73. The van der Waals surface area contributed by atoms with Crippen LogP contribution in [-0.4, -0.2) is 0 Å². The van der Waals surface area contributed by atoms with Crippen LogP contribution in [0.4, 0.5) is 5.69 Å². The Balaban J connectivity index is 0.000000810. The van der Waals surface area contributed by atoms with E-state index in [1.807, 2.05) is 19.1 Å². The van der Waals surface area contributed by atoms with Crippen molar-refractivity contribution in [2.75, 3.05) is 5.73 Å². The molecule has 0 saturated carbocycles. The Morgan fingerprint density at radius 3 is 2.40 bits per heavy atom. The summed E-state index contributed by atoms with van der Waals surface area (Å²) in [6, 6.07) is 5.48. The highest BCUT2D eigenvalue weighted by molar-refractivity contribution is 6.31. The highest BCUT2D eigenvalue weighted by atomic mass is 35.5. The van der Waals surface area contributed by atoms with Crippen LogP contribution in [-0.2, 0) is 0 Å². The fourth-order valence-corrected chi connectivity index (χ4v) is 0.798. The lowest BCUT2D eigenvalue weighted by atomic mass is 10.2. The molecule has 0 saturated heterocycles. The molecule has 0 aliphatic heterocycles. The zero-order valence-corrected chi connectivity index (χ0v) is 7.17. The van der Waals surface area contributed by atoms with E-state index in [1.165, 1.54) is 0 Å². The molecule has 0 aliphatic carbocycles. The fraction of sp³-hybridized carbons (Fsp3) is 0.143. The Kier molecular flexibility index (Phi) is 3.54. The van der Waals surface area contributed by atoms with Gasteiger partial charge in [0.25, 0.3) is 0 Å². The Morgan fingerprint density at radius 1 is 1.40 bits per heavy atom. The van der Waals surface area contributed by atoms with Crippen molar-refractivity contribution in [1.82, 2.24) is 0 Å². The predicted octanol–water partition coefficient (Wildman–Crippen LogP) is 2.65. The van der Waals surface area contributed by atoms with E-state index in [0.717, 1.165) is 10.6 Å². The molecule has 0 heterocycles. The Labute approximate surface area is 71.6 Å². The van der Waals surface area contributed by atoms with E-state index in [1.54, 1.807) is 6.07 Å². The summed E-state index contributed by atoms with van der Waals surface area (Å²) < 4.78 is 0. The van der Waals surface area contributed by atoms with Crippen molar-refractivity contribution in [1.29, 1.82) is 0 Å². The van der Waals surface area contributed by atoms with Gasteiger partial charge in [-0.15, -0.1) is 12.4 Å². The third-order valence-electron chi connectivity index (χ3n) is 1.20. The second-order valence-electron chi connectivity index (χ2n) is 2.01. The fourth-order valence-electron chi connectivity index (χ4n) is 0.609. The molecule has 2 N–H and O–H groups in total. The summed E-state index contributed by atoms with van der Waals surface area (Å²) in [6.07, 6.45) is 0. The first-order valence-electron chi connectivity index (χ1n) is 2.72. The van der Waals surface area contributed by atoms with E-state index in [9.17, 15) is 0 Å². The molecule has 0 amide bonds. The van der Waals surface area contributed by atoms with Gasteiger partial charge < -0.3 is 5.73 Å². The molecule has 1 aromatic carbocycles. The molecule has 0 spiro atoms. The van der Waals surface area contributed by atoms with Gasteiger partial charge >= 0.3 is 0 Å². The molecule has 56 valence electrons. The normalized spacial score (nSPS) is 8.60. The number of halogens is 2. The van der Waals surface area contributed by atoms with Crippen LogP contribution in [0.1, 0.15) is 5.56 Å². The topological polar surface area (TPSA) is 26.0 Å². The van der Waals surface area contributed by atoms with Crippen molar-refractivity contribution >= 4 is 29.7 Å². The molecule has 0 fully saturated rings. The van der Waals surface area contributed by atoms with Crippen LogP contribution in [0.2, 0.25) is 5.02 Å². The summed E-state index contributed by atoms with van der Waals surface area (Å²) in [5.41, 5.74) is 7.22. The molecular formula is C7H9Cl2N. The number of aryl methyl sites for hydroxylation is 1. The van der Waals surface area contributed by atoms with Crippen molar-refractivity contribution in [2.24, 2.45) is 0 Å². The largest absolute Gasteiger partial charge is 0.399 e. The van der Waals surface area contributed by atoms with Crippen molar-refractivity contribution in [3.05, 3.63) is 28.8 Å². The van der Waals surface area contributed by atoms with Crippen molar-refractivity contribution in [3.63, 3.8) is 0 Å². The average Bonchev–Trinajstić information content (AvgIpc) is 1.80. The lowest BCUT2D eigenvalue weighted by Gasteiger charge is -1.96. The smallest absolute Gasteiger partial charge is 0.0455 e. The Morgan fingerprint density at radius 2 is 2.00 bits per heavy atom. The molecule has 0 unspecified atom stereocenters. The monoisotopic (exact) mass is 177 g/mol. The van der Waals surface area contributed by atoms with E-state index in [2.05, 4.69) is 0 Å². The van der Waals surface area contributed by atoms with E-state index < -0.39 is 0 Å². The first kappa shape index (κ1) is 9.60. The summed E-state index contributed by atoms with van der Waals surface area (Å²) >= 11 is 5.73. The van der Waals surface area contributed by atoms with E-state index in [-0.39, 0.29) is 12.4 Å². The first-order valence-corrected chi connectivity index (χ1v) is 3.09. The standard InChI is InChI=1S/C7H8ClN.ClH/c1-5-2-3-6(9)4-7(5)8;/h2-4H,9H2,1H3;1H. The molecule has 0 atom stereocenters. The van der Waals surface area contributed by atoms with Gasteiger partial charge in [0.05, 0.1) is 0 Å². The zero-order chi connectivity index (χ0) is 6.85. The number of benzene rings is 1. The molecule has 0 bridgehead atoms. The summed E-state index contributed by atoms with van der Waals surface area (Å²) in [5.74, 6) is 0. The number of rotatable bonds is 0. The second kappa shape index (κ2) is 3.69. The molecule has 0 aromatic heterocycles. The van der Waals surface area contributed by atoms with Crippen LogP contribution in [0.15, 0.2) is 18.2 Å². The van der Waals surface area contributed by atoms with Crippen LogP contribution in [0, 0.1) is 6.92 Å². The van der Waals surface area contributed by atoms with Gasteiger partial charge in [0.2, 0.25) is 0 Å². The van der Waals surface area contributed by atoms with Gasteiger partial charge in [0, 0.05) is 10.7 Å². The summed E-state index contributed by atoms with van der Waals surface area (Å²) in [6.45, 7) is 1.95. The minimum atomic E-state index is 0. The quantitative estimate of drug-likeness (QED) is 0.607. The molecule has 1 aromatic rings. The van der Waals surface area contributed by atoms with E-state index in [0.29, 0.717) is 5.69 Å². The average molecular weight is 178 g/mol. The molecular weight excluding hydrogens is 169 g/mol. The predicted molar refractivity (Wildman–Crippen MR) is 47.8 cm³/mol. The van der Waals surface area contributed by atoms with Gasteiger partial charge in [-0.25, -0.2) is 0 Å². The first-order chi connectivity index (χ1) is 4.20. The Hall–Kier alpha value is -0.400. The van der Waals surface area contributed by atoms with E-state index >= 15 is 0 Å². The van der Waals surface area contributed by atoms with Crippen molar-refractivity contribution in [3.8, 4) is 0 Å².